The molecule has 0 amide bonds. The van der Waals surface area contributed by atoms with Crippen LogP contribution in [-0.2, 0) is 0 Å². The van der Waals surface area contributed by atoms with Gasteiger partial charge in [-0.25, -0.2) is 0 Å². The molecule has 0 aliphatic carbocycles. The molecule has 0 spiro atoms. The van der Waals surface area contributed by atoms with E-state index in [-0.39, 0.29) is 4.70 Å². The minimum absolute atomic E-state index is 0. The largest absolute Gasteiger partial charge is 0.277 e. The fourth-order valence-electron chi connectivity index (χ4n) is 1.81. The number of halogens is 1. The van der Waals surface area contributed by atoms with Gasteiger partial charge in [0.15, 0.2) is 0 Å². The summed E-state index contributed by atoms with van der Waals surface area (Å²) in [7, 11) is 0. The van der Waals surface area contributed by atoms with E-state index in [9.17, 15) is 0 Å². The number of benzene rings is 1. The van der Waals surface area contributed by atoms with Gasteiger partial charge in [-0.3, -0.25) is 14.8 Å². The minimum Gasteiger partial charge on any atom is -0.277 e. The Balaban J connectivity index is 0.00000120. The molecule has 0 unspecified atom stereocenters. The van der Waals surface area contributed by atoms with Gasteiger partial charge >= 0.3 is 0 Å². The highest BCUT2D eigenvalue weighted by Gasteiger charge is 2.08. The lowest BCUT2D eigenvalue weighted by Crippen LogP contribution is -1.80. The van der Waals surface area contributed by atoms with Gasteiger partial charge in [-0.15, -0.1) is 0 Å². The Morgan fingerprint density at radius 1 is 1.22 bits per heavy atom. The first kappa shape index (κ1) is 11.7. The van der Waals surface area contributed by atoms with Crippen molar-refractivity contribution in [3.63, 3.8) is 0 Å². The number of rotatable bonds is 1. The molecule has 0 radical (unpaired) electrons. The van der Waals surface area contributed by atoms with E-state index < -0.39 is 0 Å². The Bertz CT molecular complexity index is 713. The van der Waals surface area contributed by atoms with Crippen LogP contribution in [0.1, 0.15) is 5.56 Å². The van der Waals surface area contributed by atoms with E-state index >= 15 is 0 Å². The van der Waals surface area contributed by atoms with Gasteiger partial charge in [0.25, 0.3) is 0 Å². The molecule has 0 aliphatic heterocycles. The number of hydrogen-bond donors (Lipinski definition) is 1. The molecular weight excluding hydrogens is 231 g/mol. The molecule has 0 saturated heterocycles. The maximum absolute atomic E-state index is 8.90. The summed E-state index contributed by atoms with van der Waals surface area (Å²) in [5.74, 6) is 0. The maximum atomic E-state index is 8.90. The average molecular weight is 240 g/mol. The van der Waals surface area contributed by atoms with Crippen LogP contribution in [0.25, 0.3) is 22.2 Å². The van der Waals surface area contributed by atoms with Gasteiger partial charge in [0.05, 0.1) is 17.1 Å². The van der Waals surface area contributed by atoms with Crippen LogP contribution in [0.4, 0.5) is 4.70 Å². The predicted molar refractivity (Wildman–Crippen MR) is 66.5 cm³/mol. The van der Waals surface area contributed by atoms with E-state index in [0.29, 0.717) is 5.56 Å². The molecule has 3 rings (SSSR count). The van der Waals surface area contributed by atoms with Crippen molar-refractivity contribution in [3.05, 3.63) is 48.3 Å². The van der Waals surface area contributed by atoms with E-state index in [1.165, 1.54) is 0 Å². The Kier molecular flexibility index (Phi) is 3.02. The Labute approximate surface area is 102 Å². The fraction of sp³-hybridized carbons (Fsp3) is 0. The number of aromatic amines is 1. The van der Waals surface area contributed by atoms with Gasteiger partial charge < -0.3 is 0 Å². The first-order chi connectivity index (χ1) is 8.38. The summed E-state index contributed by atoms with van der Waals surface area (Å²) in [5.41, 5.74) is 3.31. The first-order valence-electron chi connectivity index (χ1n) is 5.17. The molecular formula is C13H9FN4. The van der Waals surface area contributed by atoms with Gasteiger partial charge in [0.1, 0.15) is 5.69 Å². The summed E-state index contributed by atoms with van der Waals surface area (Å²) in [6, 6.07) is 11.4. The highest BCUT2D eigenvalue weighted by Crippen LogP contribution is 2.26. The fourth-order valence-corrected chi connectivity index (χ4v) is 1.81. The molecule has 88 valence electrons. The second-order valence-corrected chi connectivity index (χ2v) is 3.69. The number of hydrogen-bond acceptors (Lipinski definition) is 3. The third-order valence-corrected chi connectivity index (χ3v) is 2.63. The van der Waals surface area contributed by atoms with Crippen LogP contribution in [0.15, 0.2) is 42.7 Å². The third-order valence-electron chi connectivity index (χ3n) is 2.63. The van der Waals surface area contributed by atoms with Crippen molar-refractivity contribution in [2.45, 2.75) is 0 Å². The predicted octanol–water partition coefficient (Wildman–Crippen LogP) is 2.65. The van der Waals surface area contributed by atoms with Crippen molar-refractivity contribution in [1.82, 2.24) is 15.2 Å². The molecule has 4 nitrogen and oxygen atoms in total. The quantitative estimate of drug-likeness (QED) is 0.711. The first-order valence-corrected chi connectivity index (χ1v) is 5.17. The van der Waals surface area contributed by atoms with Crippen molar-refractivity contribution < 1.29 is 4.70 Å². The lowest BCUT2D eigenvalue weighted by molar-refractivity contribution is 1.11. The summed E-state index contributed by atoms with van der Waals surface area (Å²) < 4.78 is 0. The number of fused-ring (bicyclic) bond motifs is 1. The Morgan fingerprint density at radius 2 is 2.11 bits per heavy atom. The van der Waals surface area contributed by atoms with Gasteiger partial charge in [-0.1, -0.05) is 0 Å². The van der Waals surface area contributed by atoms with E-state index in [0.717, 1.165) is 22.2 Å². The molecule has 0 aliphatic rings. The summed E-state index contributed by atoms with van der Waals surface area (Å²) >= 11 is 0. The highest BCUT2D eigenvalue weighted by molar-refractivity contribution is 5.93. The standard InChI is InChI=1S/C13H8N4.FH/c14-7-9-3-4-12-11(6-9)13(17-16-12)10-2-1-5-15-8-10;/h1-6,8H,(H,16,17);1H. The van der Waals surface area contributed by atoms with Gasteiger partial charge in [-0.05, 0) is 30.3 Å². The molecule has 1 N–H and O–H groups in total. The van der Waals surface area contributed by atoms with Gasteiger partial charge in [-0.2, -0.15) is 10.4 Å². The molecule has 0 fully saturated rings. The molecule has 5 heteroatoms. The zero-order valence-corrected chi connectivity index (χ0v) is 9.29. The molecule has 1 aromatic carbocycles. The minimum atomic E-state index is 0. The summed E-state index contributed by atoms with van der Waals surface area (Å²) in [4.78, 5) is 4.07. The van der Waals surface area contributed by atoms with Crippen LogP contribution in [-0.4, -0.2) is 15.2 Å². The van der Waals surface area contributed by atoms with Crippen LogP contribution < -0.4 is 0 Å². The number of pyridine rings is 1. The molecule has 0 bridgehead atoms. The molecule has 18 heavy (non-hydrogen) atoms. The summed E-state index contributed by atoms with van der Waals surface area (Å²) in [6.45, 7) is 0. The van der Waals surface area contributed by atoms with Crippen molar-refractivity contribution >= 4 is 10.9 Å². The van der Waals surface area contributed by atoms with Crippen molar-refractivity contribution in [1.29, 1.82) is 5.26 Å². The maximum Gasteiger partial charge on any atom is 0.101 e. The molecule has 0 saturated carbocycles. The molecule has 2 aromatic heterocycles. The second kappa shape index (κ2) is 4.63. The number of aromatic nitrogens is 3. The number of nitriles is 1. The second-order valence-electron chi connectivity index (χ2n) is 3.69. The monoisotopic (exact) mass is 240 g/mol. The topological polar surface area (TPSA) is 65.4 Å². The molecule has 3 aromatic rings. The summed E-state index contributed by atoms with van der Waals surface area (Å²) in [6.07, 6.45) is 3.48. The van der Waals surface area contributed by atoms with Crippen molar-refractivity contribution in [2.24, 2.45) is 0 Å². The smallest absolute Gasteiger partial charge is 0.101 e. The van der Waals surface area contributed by atoms with E-state index in [2.05, 4.69) is 21.3 Å². The lowest BCUT2D eigenvalue weighted by Gasteiger charge is -1.96. The van der Waals surface area contributed by atoms with E-state index in [1.807, 2.05) is 24.3 Å². The third kappa shape index (κ3) is 1.80. The number of nitrogens with zero attached hydrogens (tertiary/aromatic N) is 3. The zero-order chi connectivity index (χ0) is 11.7. The van der Waals surface area contributed by atoms with Gasteiger partial charge in [0.2, 0.25) is 0 Å². The van der Waals surface area contributed by atoms with E-state index in [4.69, 9.17) is 5.26 Å². The van der Waals surface area contributed by atoms with Crippen LogP contribution >= 0.6 is 0 Å². The number of nitrogens with one attached hydrogen (secondary N) is 1. The van der Waals surface area contributed by atoms with Crippen LogP contribution in [0, 0.1) is 11.3 Å². The van der Waals surface area contributed by atoms with Crippen LogP contribution in [0.3, 0.4) is 0 Å². The normalized spacial score (nSPS) is 9.72. The zero-order valence-electron chi connectivity index (χ0n) is 9.29. The van der Waals surface area contributed by atoms with Crippen LogP contribution in [0.2, 0.25) is 0 Å². The Morgan fingerprint density at radius 3 is 2.83 bits per heavy atom. The molecule has 0 atom stereocenters. The average Bonchev–Trinajstić information content (AvgIpc) is 2.82. The van der Waals surface area contributed by atoms with Crippen molar-refractivity contribution in [3.8, 4) is 17.3 Å². The van der Waals surface area contributed by atoms with Gasteiger partial charge in [0, 0.05) is 23.3 Å². The molecule has 2 heterocycles. The SMILES string of the molecule is F.N#Cc1ccc2[nH]nc(-c3cccnc3)c2c1. The lowest BCUT2D eigenvalue weighted by atomic mass is 10.1. The van der Waals surface area contributed by atoms with Crippen LogP contribution in [0.5, 0.6) is 0 Å². The van der Waals surface area contributed by atoms with Crippen molar-refractivity contribution in [2.75, 3.05) is 0 Å². The summed E-state index contributed by atoms with van der Waals surface area (Å²) in [5, 5.41) is 17.1. The van der Waals surface area contributed by atoms with E-state index in [1.54, 1.807) is 18.5 Å². The number of H-pyrrole nitrogens is 1. The highest BCUT2D eigenvalue weighted by atomic mass is 19.0. The Hall–Kier alpha value is -2.74.